The van der Waals surface area contributed by atoms with Crippen molar-refractivity contribution < 1.29 is 4.74 Å². The minimum atomic E-state index is 0.192. The second-order valence-corrected chi connectivity index (χ2v) is 4.61. The van der Waals surface area contributed by atoms with Gasteiger partial charge < -0.3 is 10.5 Å². The highest BCUT2D eigenvalue weighted by atomic mass is 79.9. The van der Waals surface area contributed by atoms with E-state index in [1.807, 2.05) is 12.1 Å². The summed E-state index contributed by atoms with van der Waals surface area (Å²) in [7, 11) is 1.67. The van der Waals surface area contributed by atoms with Gasteiger partial charge in [0.1, 0.15) is 5.75 Å². The first-order valence-corrected chi connectivity index (χ1v) is 5.60. The van der Waals surface area contributed by atoms with Crippen molar-refractivity contribution in [3.8, 4) is 5.75 Å². The number of hydrogen-bond acceptors (Lipinski definition) is 2. The maximum absolute atomic E-state index is 6.10. The van der Waals surface area contributed by atoms with Crippen LogP contribution in [0.25, 0.3) is 0 Å². The predicted octanol–water partition coefficient (Wildman–Crippen LogP) is 2.87. The van der Waals surface area contributed by atoms with Crippen LogP contribution in [-0.4, -0.2) is 7.11 Å². The van der Waals surface area contributed by atoms with Crippen molar-refractivity contribution in [2.24, 2.45) is 11.7 Å². The van der Waals surface area contributed by atoms with Crippen molar-refractivity contribution in [2.75, 3.05) is 7.11 Å². The van der Waals surface area contributed by atoms with E-state index in [2.05, 4.69) is 22.0 Å². The fraction of sp³-hybridized carbons (Fsp3) is 0.455. The van der Waals surface area contributed by atoms with E-state index < -0.39 is 0 Å². The molecule has 1 aliphatic carbocycles. The normalized spacial score (nSPS) is 17.9. The molecule has 1 aromatic rings. The highest BCUT2D eigenvalue weighted by Crippen LogP contribution is 2.40. The zero-order valence-corrected chi connectivity index (χ0v) is 9.75. The van der Waals surface area contributed by atoms with Gasteiger partial charge in [0.05, 0.1) is 11.6 Å². The predicted molar refractivity (Wildman–Crippen MR) is 60.3 cm³/mol. The SMILES string of the molecule is COc1ccc(C(N)C2CC2)cc1Br. The van der Waals surface area contributed by atoms with E-state index in [9.17, 15) is 0 Å². The molecule has 2 nitrogen and oxygen atoms in total. The molecule has 0 spiro atoms. The Labute approximate surface area is 92.6 Å². The third-order valence-corrected chi connectivity index (χ3v) is 3.31. The van der Waals surface area contributed by atoms with Gasteiger partial charge in [-0.3, -0.25) is 0 Å². The maximum Gasteiger partial charge on any atom is 0.133 e. The standard InChI is InChI=1S/C11H14BrNO/c1-14-10-5-4-8(6-9(10)12)11(13)7-2-3-7/h4-7,11H,2-3,13H2,1H3. The minimum absolute atomic E-state index is 0.192. The number of benzene rings is 1. The molecule has 1 atom stereocenters. The Morgan fingerprint density at radius 2 is 2.21 bits per heavy atom. The summed E-state index contributed by atoms with van der Waals surface area (Å²) >= 11 is 3.46. The van der Waals surface area contributed by atoms with Gasteiger partial charge in [0.2, 0.25) is 0 Å². The van der Waals surface area contributed by atoms with Crippen LogP contribution in [0.5, 0.6) is 5.75 Å². The van der Waals surface area contributed by atoms with Crippen molar-refractivity contribution in [3.63, 3.8) is 0 Å². The van der Waals surface area contributed by atoms with E-state index in [1.54, 1.807) is 7.11 Å². The van der Waals surface area contributed by atoms with E-state index >= 15 is 0 Å². The average Bonchev–Trinajstić information content (AvgIpc) is 3.00. The monoisotopic (exact) mass is 255 g/mol. The number of rotatable bonds is 3. The molecule has 76 valence electrons. The molecule has 0 heterocycles. The fourth-order valence-corrected chi connectivity index (χ4v) is 2.18. The molecule has 0 amide bonds. The first-order valence-electron chi connectivity index (χ1n) is 4.81. The van der Waals surface area contributed by atoms with Gasteiger partial charge in [0.25, 0.3) is 0 Å². The van der Waals surface area contributed by atoms with Gasteiger partial charge in [-0.25, -0.2) is 0 Å². The molecule has 0 aliphatic heterocycles. The molecule has 0 saturated heterocycles. The van der Waals surface area contributed by atoms with Crippen LogP contribution in [0.2, 0.25) is 0 Å². The number of nitrogens with two attached hydrogens (primary N) is 1. The molecule has 2 N–H and O–H groups in total. The van der Waals surface area contributed by atoms with Gasteiger partial charge in [-0.2, -0.15) is 0 Å². The summed E-state index contributed by atoms with van der Waals surface area (Å²) in [5.74, 6) is 1.55. The number of ether oxygens (including phenoxy) is 1. The summed E-state index contributed by atoms with van der Waals surface area (Å²) in [4.78, 5) is 0. The Hall–Kier alpha value is -0.540. The van der Waals surface area contributed by atoms with Gasteiger partial charge in [-0.1, -0.05) is 6.07 Å². The van der Waals surface area contributed by atoms with Gasteiger partial charge in [0, 0.05) is 6.04 Å². The molecule has 0 bridgehead atoms. The van der Waals surface area contributed by atoms with Crippen LogP contribution in [-0.2, 0) is 0 Å². The molecular formula is C11H14BrNO. The van der Waals surface area contributed by atoms with E-state index in [0.717, 1.165) is 10.2 Å². The maximum atomic E-state index is 6.10. The van der Waals surface area contributed by atoms with Crippen molar-refractivity contribution in [2.45, 2.75) is 18.9 Å². The zero-order chi connectivity index (χ0) is 10.1. The van der Waals surface area contributed by atoms with E-state index in [-0.39, 0.29) is 6.04 Å². The quantitative estimate of drug-likeness (QED) is 0.902. The van der Waals surface area contributed by atoms with E-state index in [0.29, 0.717) is 5.92 Å². The lowest BCUT2D eigenvalue weighted by Gasteiger charge is -2.12. The third kappa shape index (κ3) is 1.93. The van der Waals surface area contributed by atoms with Crippen LogP contribution in [0.3, 0.4) is 0 Å². The minimum Gasteiger partial charge on any atom is -0.496 e. The second kappa shape index (κ2) is 3.91. The molecule has 1 aliphatic rings. The van der Waals surface area contributed by atoms with Crippen LogP contribution in [0, 0.1) is 5.92 Å². The van der Waals surface area contributed by atoms with Crippen molar-refractivity contribution >= 4 is 15.9 Å². The van der Waals surface area contributed by atoms with E-state index in [4.69, 9.17) is 10.5 Å². The average molecular weight is 256 g/mol. The molecular weight excluding hydrogens is 242 g/mol. The first kappa shape index (κ1) is 9.99. The van der Waals surface area contributed by atoms with Crippen molar-refractivity contribution in [1.82, 2.24) is 0 Å². The van der Waals surface area contributed by atoms with Crippen LogP contribution in [0.4, 0.5) is 0 Å². The van der Waals surface area contributed by atoms with Crippen LogP contribution in [0.15, 0.2) is 22.7 Å². The Bertz CT molecular complexity index is 336. The lowest BCUT2D eigenvalue weighted by atomic mass is 10.0. The summed E-state index contributed by atoms with van der Waals surface area (Å²) in [6.07, 6.45) is 2.54. The van der Waals surface area contributed by atoms with Crippen molar-refractivity contribution in [3.05, 3.63) is 28.2 Å². The van der Waals surface area contributed by atoms with Gasteiger partial charge >= 0.3 is 0 Å². The zero-order valence-electron chi connectivity index (χ0n) is 8.16. The van der Waals surface area contributed by atoms with E-state index in [1.165, 1.54) is 18.4 Å². The molecule has 0 aromatic heterocycles. The summed E-state index contributed by atoms with van der Waals surface area (Å²) in [5, 5.41) is 0. The van der Waals surface area contributed by atoms with Crippen LogP contribution >= 0.6 is 15.9 Å². The smallest absolute Gasteiger partial charge is 0.133 e. The highest BCUT2D eigenvalue weighted by molar-refractivity contribution is 9.10. The second-order valence-electron chi connectivity index (χ2n) is 3.76. The topological polar surface area (TPSA) is 35.2 Å². The molecule has 1 fully saturated rings. The Morgan fingerprint density at radius 1 is 1.50 bits per heavy atom. The summed E-state index contributed by atoms with van der Waals surface area (Å²) in [5.41, 5.74) is 7.29. The molecule has 3 heteroatoms. The largest absolute Gasteiger partial charge is 0.496 e. The lowest BCUT2D eigenvalue weighted by Crippen LogP contribution is -2.12. The Balaban J connectivity index is 2.22. The Kier molecular flexibility index (Phi) is 2.79. The molecule has 2 rings (SSSR count). The van der Waals surface area contributed by atoms with Gasteiger partial charge in [-0.15, -0.1) is 0 Å². The summed E-state index contributed by atoms with van der Waals surface area (Å²) in [6.45, 7) is 0. The number of halogens is 1. The third-order valence-electron chi connectivity index (χ3n) is 2.69. The molecule has 14 heavy (non-hydrogen) atoms. The molecule has 1 saturated carbocycles. The molecule has 0 radical (unpaired) electrons. The summed E-state index contributed by atoms with van der Waals surface area (Å²) < 4.78 is 6.15. The lowest BCUT2D eigenvalue weighted by molar-refractivity contribution is 0.411. The summed E-state index contributed by atoms with van der Waals surface area (Å²) in [6, 6.07) is 6.26. The van der Waals surface area contributed by atoms with Crippen LogP contribution < -0.4 is 10.5 Å². The Morgan fingerprint density at radius 3 is 2.71 bits per heavy atom. The van der Waals surface area contributed by atoms with Gasteiger partial charge in [0.15, 0.2) is 0 Å². The first-order chi connectivity index (χ1) is 6.72. The van der Waals surface area contributed by atoms with Crippen LogP contribution in [0.1, 0.15) is 24.4 Å². The van der Waals surface area contributed by atoms with Crippen molar-refractivity contribution in [1.29, 1.82) is 0 Å². The highest BCUT2D eigenvalue weighted by Gasteiger charge is 2.29. The fourth-order valence-electron chi connectivity index (χ4n) is 1.62. The number of hydrogen-bond donors (Lipinski definition) is 1. The molecule has 1 aromatic carbocycles. The van der Waals surface area contributed by atoms with Gasteiger partial charge in [-0.05, 0) is 52.4 Å². The molecule has 1 unspecified atom stereocenters. The number of methoxy groups -OCH3 is 1.